The number of rotatable bonds is 5. The van der Waals surface area contributed by atoms with E-state index in [1.54, 1.807) is 0 Å². The van der Waals surface area contributed by atoms with Gasteiger partial charge < -0.3 is 9.47 Å². The number of carbonyl (C=O) groups excluding carboxylic acids is 1. The van der Waals surface area contributed by atoms with Crippen molar-refractivity contribution in [3.63, 3.8) is 0 Å². The van der Waals surface area contributed by atoms with Crippen LogP contribution in [-0.2, 0) is 14.3 Å². The lowest BCUT2D eigenvalue weighted by atomic mass is 9.79. The summed E-state index contributed by atoms with van der Waals surface area (Å²) < 4.78 is 11.1. The van der Waals surface area contributed by atoms with E-state index in [4.69, 9.17) is 9.47 Å². The van der Waals surface area contributed by atoms with Gasteiger partial charge in [-0.2, -0.15) is 0 Å². The number of likely N-dealkylation sites (tertiary alicyclic amines) is 1. The number of carbonyl (C=O) groups is 1. The summed E-state index contributed by atoms with van der Waals surface area (Å²) in [6.07, 6.45) is 1.67. The Kier molecular flexibility index (Phi) is 5.62. The Balaban J connectivity index is 2.62. The molecule has 1 heterocycles. The van der Waals surface area contributed by atoms with Crippen LogP contribution in [0.2, 0.25) is 0 Å². The Hall–Kier alpha value is -0.870. The molecule has 0 radical (unpaired) electrons. The summed E-state index contributed by atoms with van der Waals surface area (Å²) in [4.78, 5) is 14.5. The lowest BCUT2D eigenvalue weighted by Gasteiger charge is -2.53. The van der Waals surface area contributed by atoms with Crippen LogP contribution in [0.3, 0.4) is 0 Å². The monoisotopic (exact) mass is 297 g/mol. The topological polar surface area (TPSA) is 38.8 Å². The number of esters is 1. The molecule has 0 atom stereocenters. The largest absolute Gasteiger partial charge is 0.459 e. The predicted octanol–water partition coefficient (Wildman–Crippen LogP) is 3.16. The van der Waals surface area contributed by atoms with Crippen LogP contribution >= 0.6 is 0 Å². The van der Waals surface area contributed by atoms with Gasteiger partial charge >= 0.3 is 5.97 Å². The van der Waals surface area contributed by atoms with Gasteiger partial charge in [0, 0.05) is 23.9 Å². The van der Waals surface area contributed by atoms with Crippen LogP contribution in [0.1, 0.15) is 54.4 Å². The zero-order valence-electron chi connectivity index (χ0n) is 14.7. The minimum Gasteiger partial charge on any atom is -0.459 e. The second kappa shape index (κ2) is 6.49. The molecule has 1 aliphatic rings. The van der Waals surface area contributed by atoms with Crippen molar-refractivity contribution in [2.24, 2.45) is 0 Å². The standard InChI is InChI=1S/C17H31NO3/c1-12(2)20-11-13(3)15(19)21-14-9-16(4,5)18(8)17(6,7)10-14/h12,14H,3,9-11H2,1-2,4-8H3. The molecule has 0 spiro atoms. The summed E-state index contributed by atoms with van der Waals surface area (Å²) >= 11 is 0. The van der Waals surface area contributed by atoms with E-state index in [0.29, 0.717) is 5.57 Å². The molecule has 1 aliphatic heterocycles. The molecule has 0 aromatic carbocycles. The molecule has 21 heavy (non-hydrogen) atoms. The first-order valence-corrected chi connectivity index (χ1v) is 7.70. The van der Waals surface area contributed by atoms with Crippen LogP contribution in [0.5, 0.6) is 0 Å². The lowest BCUT2D eigenvalue weighted by molar-refractivity contribution is -0.155. The van der Waals surface area contributed by atoms with Gasteiger partial charge in [0.05, 0.1) is 18.3 Å². The third-order valence-electron chi connectivity index (χ3n) is 4.42. The Morgan fingerprint density at radius 3 is 2.14 bits per heavy atom. The molecule has 0 aromatic rings. The van der Waals surface area contributed by atoms with Crippen molar-refractivity contribution < 1.29 is 14.3 Å². The molecule has 0 N–H and O–H groups in total. The minimum atomic E-state index is -0.336. The van der Waals surface area contributed by atoms with Crippen LogP contribution in [0, 0.1) is 0 Å². The van der Waals surface area contributed by atoms with Gasteiger partial charge in [-0.1, -0.05) is 6.58 Å². The first-order valence-electron chi connectivity index (χ1n) is 7.70. The highest BCUT2D eigenvalue weighted by molar-refractivity contribution is 5.88. The summed E-state index contributed by atoms with van der Waals surface area (Å²) in [5, 5.41) is 0. The van der Waals surface area contributed by atoms with E-state index < -0.39 is 0 Å². The van der Waals surface area contributed by atoms with Crippen molar-refractivity contribution in [1.29, 1.82) is 0 Å². The summed E-state index contributed by atoms with van der Waals surface area (Å²) in [5.74, 6) is -0.336. The fourth-order valence-electron chi connectivity index (χ4n) is 2.92. The lowest BCUT2D eigenvalue weighted by Crippen LogP contribution is -2.60. The van der Waals surface area contributed by atoms with Gasteiger partial charge in [0.2, 0.25) is 0 Å². The van der Waals surface area contributed by atoms with Gasteiger partial charge in [0.15, 0.2) is 0 Å². The first-order chi connectivity index (χ1) is 9.45. The van der Waals surface area contributed by atoms with E-state index in [0.717, 1.165) is 12.8 Å². The maximum Gasteiger partial charge on any atom is 0.336 e. The molecule has 0 aromatic heterocycles. The molecule has 0 amide bonds. The molecule has 122 valence electrons. The Labute approximate surface area is 129 Å². The fourth-order valence-corrected chi connectivity index (χ4v) is 2.92. The van der Waals surface area contributed by atoms with Crippen LogP contribution in [0.25, 0.3) is 0 Å². The number of piperidine rings is 1. The first kappa shape index (κ1) is 18.2. The van der Waals surface area contributed by atoms with E-state index >= 15 is 0 Å². The zero-order chi connectivity index (χ0) is 16.4. The van der Waals surface area contributed by atoms with Gasteiger partial charge in [-0.25, -0.2) is 4.79 Å². The second-order valence-electron chi connectivity index (χ2n) is 7.58. The Morgan fingerprint density at radius 1 is 1.24 bits per heavy atom. The molecule has 0 unspecified atom stereocenters. The molecule has 0 saturated carbocycles. The summed E-state index contributed by atoms with van der Waals surface area (Å²) in [6.45, 7) is 16.6. The molecule has 1 fully saturated rings. The van der Waals surface area contributed by atoms with Crippen LogP contribution in [-0.4, -0.2) is 47.8 Å². The van der Waals surface area contributed by atoms with Crippen LogP contribution < -0.4 is 0 Å². The Morgan fingerprint density at radius 2 is 1.71 bits per heavy atom. The maximum absolute atomic E-state index is 12.1. The van der Waals surface area contributed by atoms with Gasteiger partial charge in [-0.05, 0) is 48.6 Å². The molecule has 0 aliphatic carbocycles. The number of hydrogen-bond donors (Lipinski definition) is 0. The van der Waals surface area contributed by atoms with Gasteiger partial charge in [-0.3, -0.25) is 4.90 Å². The molecule has 0 bridgehead atoms. The third-order valence-corrected chi connectivity index (χ3v) is 4.42. The summed E-state index contributed by atoms with van der Waals surface area (Å²) in [5.41, 5.74) is 0.392. The van der Waals surface area contributed by atoms with Crippen molar-refractivity contribution >= 4 is 5.97 Å². The normalized spacial score (nSPS) is 22.3. The van der Waals surface area contributed by atoms with Crippen LogP contribution in [0.15, 0.2) is 12.2 Å². The summed E-state index contributed by atoms with van der Waals surface area (Å²) in [7, 11) is 2.13. The molecular formula is C17H31NO3. The Bertz CT molecular complexity index is 381. The second-order valence-corrected chi connectivity index (χ2v) is 7.58. The van der Waals surface area contributed by atoms with Crippen molar-refractivity contribution in [2.75, 3.05) is 13.7 Å². The highest BCUT2D eigenvalue weighted by Crippen LogP contribution is 2.38. The SMILES string of the molecule is C=C(COC(C)C)C(=O)OC1CC(C)(C)N(C)C(C)(C)C1. The van der Waals surface area contributed by atoms with Crippen molar-refractivity contribution in [2.45, 2.75) is 77.7 Å². The molecule has 1 saturated heterocycles. The average molecular weight is 297 g/mol. The van der Waals surface area contributed by atoms with E-state index in [1.807, 2.05) is 13.8 Å². The molecule has 1 rings (SSSR count). The average Bonchev–Trinajstić information content (AvgIpc) is 2.32. The molecule has 4 nitrogen and oxygen atoms in total. The minimum absolute atomic E-state index is 0.00244. The quantitative estimate of drug-likeness (QED) is 0.577. The number of ether oxygens (including phenoxy) is 2. The third kappa shape index (κ3) is 4.82. The van der Waals surface area contributed by atoms with E-state index in [2.05, 4.69) is 46.2 Å². The maximum atomic E-state index is 12.1. The number of hydrogen-bond acceptors (Lipinski definition) is 4. The van der Waals surface area contributed by atoms with Gasteiger partial charge in [-0.15, -0.1) is 0 Å². The summed E-state index contributed by atoms with van der Waals surface area (Å²) in [6, 6.07) is 0. The smallest absolute Gasteiger partial charge is 0.336 e. The van der Waals surface area contributed by atoms with Crippen molar-refractivity contribution in [1.82, 2.24) is 4.90 Å². The van der Waals surface area contributed by atoms with E-state index in [9.17, 15) is 4.79 Å². The molecular weight excluding hydrogens is 266 g/mol. The van der Waals surface area contributed by atoms with E-state index in [-0.39, 0.29) is 35.9 Å². The van der Waals surface area contributed by atoms with Crippen molar-refractivity contribution in [3.8, 4) is 0 Å². The van der Waals surface area contributed by atoms with Crippen LogP contribution in [0.4, 0.5) is 0 Å². The van der Waals surface area contributed by atoms with Gasteiger partial charge in [0.1, 0.15) is 6.10 Å². The van der Waals surface area contributed by atoms with Crippen molar-refractivity contribution in [3.05, 3.63) is 12.2 Å². The number of nitrogens with zero attached hydrogens (tertiary/aromatic N) is 1. The fraction of sp³-hybridized carbons (Fsp3) is 0.824. The predicted molar refractivity (Wildman–Crippen MR) is 85.3 cm³/mol. The molecule has 4 heteroatoms. The highest BCUT2D eigenvalue weighted by atomic mass is 16.5. The van der Waals surface area contributed by atoms with E-state index in [1.165, 1.54) is 0 Å². The van der Waals surface area contributed by atoms with Gasteiger partial charge in [0.25, 0.3) is 0 Å². The zero-order valence-corrected chi connectivity index (χ0v) is 14.7. The highest BCUT2D eigenvalue weighted by Gasteiger charge is 2.44.